The van der Waals surface area contributed by atoms with Gasteiger partial charge in [0.2, 0.25) is 5.91 Å². The van der Waals surface area contributed by atoms with Crippen LogP contribution in [0.15, 0.2) is 48.8 Å². The quantitative estimate of drug-likeness (QED) is 0.457. The van der Waals surface area contributed by atoms with E-state index in [1.165, 1.54) is 0 Å². The normalized spacial score (nSPS) is 15.3. The highest BCUT2D eigenvalue weighted by Gasteiger charge is 2.20. The minimum Gasteiger partial charge on any atom is -0.493 e. The second kappa shape index (κ2) is 11.2. The molecule has 180 valence electrons. The summed E-state index contributed by atoms with van der Waals surface area (Å²) in [6.07, 6.45) is 4.52. The molecule has 4 rings (SSSR count). The molecule has 3 aromatic rings. The number of methoxy groups -OCH3 is 1. The van der Waals surface area contributed by atoms with Crippen LogP contribution in [0.2, 0.25) is 0 Å². The van der Waals surface area contributed by atoms with Crippen LogP contribution in [-0.4, -0.2) is 52.5 Å². The van der Waals surface area contributed by atoms with Crippen molar-refractivity contribution in [3.8, 4) is 11.5 Å². The molecule has 1 fully saturated rings. The second-order valence-electron chi connectivity index (χ2n) is 8.72. The highest BCUT2D eigenvalue weighted by atomic mass is 16.5. The molecule has 0 saturated carbocycles. The Morgan fingerprint density at radius 2 is 2.03 bits per heavy atom. The van der Waals surface area contributed by atoms with E-state index in [-0.39, 0.29) is 12.5 Å². The third-order valence-corrected chi connectivity index (χ3v) is 5.94. The Morgan fingerprint density at radius 3 is 2.71 bits per heavy atom. The molecule has 0 aliphatic carbocycles. The summed E-state index contributed by atoms with van der Waals surface area (Å²) in [7, 11) is 1.63. The van der Waals surface area contributed by atoms with E-state index in [0.717, 1.165) is 42.1 Å². The minimum absolute atomic E-state index is 0.0172. The molecule has 1 aromatic carbocycles. The van der Waals surface area contributed by atoms with Gasteiger partial charge in [0, 0.05) is 43.7 Å². The predicted octanol–water partition coefficient (Wildman–Crippen LogP) is 3.55. The van der Waals surface area contributed by atoms with Gasteiger partial charge in [-0.2, -0.15) is 5.10 Å². The summed E-state index contributed by atoms with van der Waals surface area (Å²) in [6, 6.07) is 11.7. The van der Waals surface area contributed by atoms with Crippen LogP contribution in [0.1, 0.15) is 28.9 Å². The fourth-order valence-electron chi connectivity index (χ4n) is 4.08. The van der Waals surface area contributed by atoms with Gasteiger partial charge in [0.25, 0.3) is 0 Å². The van der Waals surface area contributed by atoms with Gasteiger partial charge in [-0.15, -0.1) is 0 Å². The highest BCUT2D eigenvalue weighted by Crippen LogP contribution is 2.30. The lowest BCUT2D eigenvalue weighted by atomic mass is 10.1. The molecule has 1 saturated heterocycles. The lowest BCUT2D eigenvalue weighted by Crippen LogP contribution is -2.33. The summed E-state index contributed by atoms with van der Waals surface area (Å²) in [5.41, 5.74) is 3.79. The van der Waals surface area contributed by atoms with Gasteiger partial charge in [0.15, 0.2) is 11.5 Å². The monoisotopic (exact) mass is 464 g/mol. The van der Waals surface area contributed by atoms with Crippen molar-refractivity contribution >= 4 is 5.91 Å². The molecule has 1 unspecified atom stereocenters. The molecule has 3 heterocycles. The number of aryl methyl sites for hydroxylation is 2. The van der Waals surface area contributed by atoms with Crippen molar-refractivity contribution in [3.63, 3.8) is 0 Å². The molecule has 8 heteroatoms. The van der Waals surface area contributed by atoms with Crippen LogP contribution in [-0.2, 0) is 29.2 Å². The third-order valence-electron chi connectivity index (χ3n) is 5.94. The SMILES string of the molecule is COc1ccc(CN(Cc2cccnc2)C(=O)Cn2nc(C)cc2C)cc1OCC1CCOC1. The zero-order valence-corrected chi connectivity index (χ0v) is 20.1. The van der Waals surface area contributed by atoms with Crippen LogP contribution in [0.5, 0.6) is 11.5 Å². The maximum atomic E-state index is 13.4. The molecule has 8 nitrogen and oxygen atoms in total. The summed E-state index contributed by atoms with van der Waals surface area (Å²) in [5.74, 6) is 1.73. The first kappa shape index (κ1) is 23.8. The second-order valence-corrected chi connectivity index (χ2v) is 8.72. The summed E-state index contributed by atoms with van der Waals surface area (Å²) in [5, 5.41) is 4.46. The Balaban J connectivity index is 1.52. The van der Waals surface area contributed by atoms with E-state index in [1.54, 1.807) is 24.2 Å². The van der Waals surface area contributed by atoms with Crippen LogP contribution in [0.25, 0.3) is 0 Å². The number of amides is 1. The molecule has 1 aliphatic heterocycles. The number of carbonyl (C=O) groups is 1. The van der Waals surface area contributed by atoms with E-state index in [2.05, 4.69) is 10.1 Å². The predicted molar refractivity (Wildman–Crippen MR) is 128 cm³/mol. The van der Waals surface area contributed by atoms with Gasteiger partial charge in [0.1, 0.15) is 6.54 Å². The fraction of sp³-hybridized carbons (Fsp3) is 0.423. The summed E-state index contributed by atoms with van der Waals surface area (Å²) >= 11 is 0. The molecule has 1 aliphatic rings. The summed E-state index contributed by atoms with van der Waals surface area (Å²) in [6.45, 7) is 7.04. The maximum absolute atomic E-state index is 13.4. The van der Waals surface area contributed by atoms with E-state index in [9.17, 15) is 4.79 Å². The highest BCUT2D eigenvalue weighted by molar-refractivity contribution is 5.76. The van der Waals surface area contributed by atoms with Gasteiger partial charge in [-0.25, -0.2) is 0 Å². The van der Waals surface area contributed by atoms with Gasteiger partial charge in [-0.05, 0) is 55.7 Å². The van der Waals surface area contributed by atoms with Crippen molar-refractivity contribution in [2.45, 2.75) is 39.9 Å². The van der Waals surface area contributed by atoms with E-state index < -0.39 is 0 Å². The molecular weight excluding hydrogens is 432 g/mol. The van der Waals surface area contributed by atoms with E-state index in [4.69, 9.17) is 14.2 Å². The smallest absolute Gasteiger partial charge is 0.244 e. The number of nitrogens with zero attached hydrogens (tertiary/aromatic N) is 4. The van der Waals surface area contributed by atoms with Crippen molar-refractivity contribution in [2.24, 2.45) is 5.92 Å². The third kappa shape index (κ3) is 6.14. The van der Waals surface area contributed by atoms with E-state index in [1.807, 2.05) is 55.1 Å². The van der Waals surface area contributed by atoms with Crippen molar-refractivity contribution in [2.75, 3.05) is 26.9 Å². The Labute approximate surface area is 200 Å². The molecule has 0 N–H and O–H groups in total. The zero-order chi connectivity index (χ0) is 23.9. The maximum Gasteiger partial charge on any atom is 0.244 e. The van der Waals surface area contributed by atoms with E-state index >= 15 is 0 Å². The molecule has 34 heavy (non-hydrogen) atoms. The topological polar surface area (TPSA) is 78.7 Å². The molecule has 2 aromatic heterocycles. The van der Waals surface area contributed by atoms with Gasteiger partial charge in [-0.3, -0.25) is 14.5 Å². The van der Waals surface area contributed by atoms with Gasteiger partial charge in [0.05, 0.1) is 26.0 Å². The largest absolute Gasteiger partial charge is 0.493 e. The number of pyridine rings is 1. The molecular formula is C26H32N4O4. The molecule has 1 amide bonds. The first-order valence-corrected chi connectivity index (χ1v) is 11.6. The van der Waals surface area contributed by atoms with Crippen LogP contribution in [0.4, 0.5) is 0 Å². The van der Waals surface area contributed by atoms with Gasteiger partial charge < -0.3 is 19.1 Å². The molecule has 1 atom stereocenters. The number of rotatable bonds is 10. The van der Waals surface area contributed by atoms with Gasteiger partial charge >= 0.3 is 0 Å². The Kier molecular flexibility index (Phi) is 7.80. The lowest BCUT2D eigenvalue weighted by Gasteiger charge is -2.24. The number of aromatic nitrogens is 3. The van der Waals surface area contributed by atoms with Crippen LogP contribution in [0, 0.1) is 19.8 Å². The van der Waals surface area contributed by atoms with Crippen molar-refractivity contribution < 1.29 is 19.0 Å². The van der Waals surface area contributed by atoms with E-state index in [0.29, 0.717) is 37.1 Å². The number of hydrogen-bond donors (Lipinski definition) is 0. The number of hydrogen-bond acceptors (Lipinski definition) is 6. The Bertz CT molecular complexity index is 1090. The first-order valence-electron chi connectivity index (χ1n) is 11.6. The number of carbonyl (C=O) groups excluding carboxylic acids is 1. The van der Waals surface area contributed by atoms with Crippen molar-refractivity contribution in [3.05, 3.63) is 71.3 Å². The van der Waals surface area contributed by atoms with Crippen LogP contribution < -0.4 is 9.47 Å². The number of benzene rings is 1. The van der Waals surface area contributed by atoms with Crippen LogP contribution >= 0.6 is 0 Å². The Morgan fingerprint density at radius 1 is 1.18 bits per heavy atom. The van der Waals surface area contributed by atoms with Crippen molar-refractivity contribution in [1.82, 2.24) is 19.7 Å². The Hall–Kier alpha value is -3.39. The molecule has 0 radical (unpaired) electrons. The number of ether oxygens (including phenoxy) is 3. The molecule has 0 bridgehead atoms. The van der Waals surface area contributed by atoms with Crippen molar-refractivity contribution in [1.29, 1.82) is 0 Å². The average Bonchev–Trinajstić information content (AvgIpc) is 3.47. The summed E-state index contributed by atoms with van der Waals surface area (Å²) < 4.78 is 18.8. The standard InChI is InChI=1S/C26H32N4O4/c1-19-11-20(2)30(28-19)16-26(31)29(15-22-5-4-9-27-13-22)14-21-6-7-24(32-3)25(12-21)34-18-23-8-10-33-17-23/h4-7,9,11-13,23H,8,10,14-18H2,1-3H3. The lowest BCUT2D eigenvalue weighted by molar-refractivity contribution is -0.133. The average molecular weight is 465 g/mol. The minimum atomic E-state index is -0.0172. The zero-order valence-electron chi connectivity index (χ0n) is 20.1. The fourth-order valence-corrected chi connectivity index (χ4v) is 4.08. The molecule has 0 spiro atoms. The summed E-state index contributed by atoms with van der Waals surface area (Å²) in [4.78, 5) is 19.4. The van der Waals surface area contributed by atoms with Gasteiger partial charge in [-0.1, -0.05) is 12.1 Å². The first-order chi connectivity index (χ1) is 16.5. The van der Waals surface area contributed by atoms with Crippen LogP contribution in [0.3, 0.4) is 0 Å².